The summed E-state index contributed by atoms with van der Waals surface area (Å²) < 4.78 is 2.21. The molecule has 1 aliphatic rings. The van der Waals surface area contributed by atoms with Crippen molar-refractivity contribution in [2.75, 3.05) is 11.9 Å². The van der Waals surface area contributed by atoms with Gasteiger partial charge in [-0.05, 0) is 19.8 Å². The summed E-state index contributed by atoms with van der Waals surface area (Å²) in [7, 11) is 0. The highest BCUT2D eigenvalue weighted by Crippen LogP contribution is 2.15. The van der Waals surface area contributed by atoms with Crippen molar-refractivity contribution in [1.29, 1.82) is 0 Å². The Kier molecular flexibility index (Phi) is 4.67. The van der Waals surface area contributed by atoms with Crippen molar-refractivity contribution in [1.82, 2.24) is 25.1 Å². The van der Waals surface area contributed by atoms with E-state index >= 15 is 0 Å². The zero-order valence-electron chi connectivity index (χ0n) is 12.6. The van der Waals surface area contributed by atoms with Crippen molar-refractivity contribution >= 4 is 22.5 Å². The molecule has 3 heterocycles. The maximum Gasteiger partial charge on any atom is 0.321 e. The second-order valence-electron chi connectivity index (χ2n) is 5.42. The van der Waals surface area contributed by atoms with Crippen LogP contribution < -0.4 is 10.6 Å². The van der Waals surface area contributed by atoms with E-state index in [4.69, 9.17) is 0 Å². The number of anilines is 1. The van der Waals surface area contributed by atoms with Crippen molar-refractivity contribution in [2.24, 2.45) is 0 Å². The lowest BCUT2D eigenvalue weighted by Gasteiger charge is -2.08. The minimum Gasteiger partial charge on any atom is -0.337 e. The molecular formula is C14H20N6OS. The fourth-order valence-corrected chi connectivity index (χ4v) is 3.25. The number of fused-ring (bicyclic) bond motifs is 1. The molecular weight excluding hydrogens is 300 g/mol. The lowest BCUT2D eigenvalue weighted by Crippen LogP contribution is -2.31. The third-order valence-corrected chi connectivity index (χ3v) is 4.54. The first kappa shape index (κ1) is 15.0. The Morgan fingerprint density at radius 2 is 2.27 bits per heavy atom. The van der Waals surface area contributed by atoms with Gasteiger partial charge in [0.15, 0.2) is 5.13 Å². The van der Waals surface area contributed by atoms with Crippen LogP contribution in [-0.4, -0.2) is 32.3 Å². The van der Waals surface area contributed by atoms with Crippen LogP contribution in [0.4, 0.5) is 9.93 Å². The molecule has 2 N–H and O–H groups in total. The van der Waals surface area contributed by atoms with Crippen LogP contribution in [0.2, 0.25) is 0 Å². The average Bonchev–Trinajstić information content (AvgIpc) is 2.98. The molecule has 0 aromatic carbocycles. The number of rotatable bonds is 4. The lowest BCUT2D eigenvalue weighted by molar-refractivity contribution is 0.252. The van der Waals surface area contributed by atoms with E-state index in [1.54, 1.807) is 0 Å². The second kappa shape index (κ2) is 6.87. The summed E-state index contributed by atoms with van der Waals surface area (Å²) in [6.45, 7) is 3.42. The lowest BCUT2D eigenvalue weighted by atomic mass is 10.2. The number of hydrogen-bond donors (Lipinski definition) is 2. The quantitative estimate of drug-likeness (QED) is 0.904. The van der Waals surface area contributed by atoms with Gasteiger partial charge in [-0.25, -0.2) is 9.78 Å². The predicted octanol–water partition coefficient (Wildman–Crippen LogP) is 2.13. The predicted molar refractivity (Wildman–Crippen MR) is 85.2 cm³/mol. The first-order chi connectivity index (χ1) is 10.7. The van der Waals surface area contributed by atoms with Crippen LogP contribution in [0.15, 0.2) is 5.38 Å². The molecule has 2 aromatic rings. The topological polar surface area (TPSA) is 84.7 Å². The van der Waals surface area contributed by atoms with E-state index < -0.39 is 0 Å². The van der Waals surface area contributed by atoms with E-state index in [2.05, 4.69) is 30.4 Å². The maximum absolute atomic E-state index is 11.8. The fraction of sp³-hybridized carbons (Fsp3) is 0.571. The molecule has 0 bridgehead atoms. The van der Waals surface area contributed by atoms with Crippen LogP contribution in [0.25, 0.3) is 0 Å². The summed E-state index contributed by atoms with van der Waals surface area (Å²) in [6, 6.07) is -0.232. The van der Waals surface area contributed by atoms with Crippen LogP contribution in [-0.2, 0) is 19.4 Å². The zero-order chi connectivity index (χ0) is 15.4. The first-order valence-electron chi connectivity index (χ1n) is 7.60. The monoisotopic (exact) mass is 320 g/mol. The van der Waals surface area contributed by atoms with Crippen molar-refractivity contribution in [3.8, 4) is 0 Å². The third kappa shape index (κ3) is 3.62. The molecule has 0 fully saturated rings. The zero-order valence-corrected chi connectivity index (χ0v) is 13.4. The van der Waals surface area contributed by atoms with Crippen molar-refractivity contribution < 1.29 is 4.79 Å². The van der Waals surface area contributed by atoms with Gasteiger partial charge in [0.2, 0.25) is 0 Å². The molecule has 0 radical (unpaired) electrons. The molecule has 0 spiro atoms. The maximum atomic E-state index is 11.8. The van der Waals surface area contributed by atoms with Crippen molar-refractivity contribution in [2.45, 2.75) is 45.6 Å². The second-order valence-corrected chi connectivity index (χ2v) is 6.28. The molecule has 0 aliphatic carbocycles. The summed E-state index contributed by atoms with van der Waals surface area (Å²) in [5.74, 6) is 2.04. The highest BCUT2D eigenvalue weighted by molar-refractivity contribution is 7.13. The molecule has 22 heavy (non-hydrogen) atoms. The van der Waals surface area contributed by atoms with E-state index in [1.165, 1.54) is 30.6 Å². The Morgan fingerprint density at radius 3 is 3.09 bits per heavy atom. The molecule has 2 aromatic heterocycles. The number of carbonyl (C=O) groups is 1. The van der Waals surface area contributed by atoms with Crippen molar-refractivity contribution in [3.63, 3.8) is 0 Å². The molecule has 7 nitrogen and oxygen atoms in total. The van der Waals surface area contributed by atoms with Crippen LogP contribution in [0.1, 0.15) is 36.6 Å². The largest absolute Gasteiger partial charge is 0.337 e. The van der Waals surface area contributed by atoms with Crippen molar-refractivity contribution in [3.05, 3.63) is 22.7 Å². The summed E-state index contributed by atoms with van der Waals surface area (Å²) in [4.78, 5) is 16.0. The Balaban J connectivity index is 1.49. The number of nitrogens with one attached hydrogen (secondary N) is 2. The van der Waals surface area contributed by atoms with Gasteiger partial charge in [-0.2, -0.15) is 0 Å². The van der Waals surface area contributed by atoms with Crippen LogP contribution in [0.5, 0.6) is 0 Å². The number of carbonyl (C=O) groups excluding carboxylic acids is 1. The number of aryl methyl sites for hydroxylation is 2. The Labute approximate surface area is 133 Å². The van der Waals surface area contributed by atoms with E-state index in [-0.39, 0.29) is 6.03 Å². The number of hydrogen-bond acceptors (Lipinski definition) is 5. The van der Waals surface area contributed by atoms with Gasteiger partial charge in [0.25, 0.3) is 0 Å². The van der Waals surface area contributed by atoms with Gasteiger partial charge in [-0.15, -0.1) is 21.5 Å². The van der Waals surface area contributed by atoms with E-state index in [9.17, 15) is 4.79 Å². The molecule has 2 amide bonds. The van der Waals surface area contributed by atoms with Crippen LogP contribution >= 0.6 is 11.3 Å². The molecule has 0 unspecified atom stereocenters. The highest BCUT2D eigenvalue weighted by atomic mass is 32.1. The molecule has 8 heteroatoms. The number of amides is 2. The molecule has 0 saturated heterocycles. The summed E-state index contributed by atoms with van der Waals surface area (Å²) in [5, 5.41) is 16.6. The smallest absolute Gasteiger partial charge is 0.321 e. The number of thiazole rings is 1. The average molecular weight is 320 g/mol. The molecule has 1 aliphatic heterocycles. The Hall–Kier alpha value is -1.96. The van der Waals surface area contributed by atoms with Gasteiger partial charge < -0.3 is 9.88 Å². The molecule has 0 saturated carbocycles. The first-order valence-corrected chi connectivity index (χ1v) is 8.48. The highest BCUT2D eigenvalue weighted by Gasteiger charge is 2.14. The summed E-state index contributed by atoms with van der Waals surface area (Å²) >= 11 is 1.42. The van der Waals surface area contributed by atoms with E-state index in [1.807, 2.05) is 12.3 Å². The SMILES string of the molecule is Cc1csc(NC(=O)NCCc2nnc3n2CCCCC3)n1. The molecule has 0 atom stereocenters. The van der Waals surface area contributed by atoms with E-state index in [0.29, 0.717) is 18.1 Å². The Morgan fingerprint density at radius 1 is 1.36 bits per heavy atom. The summed E-state index contributed by atoms with van der Waals surface area (Å²) in [5.41, 5.74) is 0.909. The van der Waals surface area contributed by atoms with Gasteiger partial charge in [-0.1, -0.05) is 6.42 Å². The number of aromatic nitrogens is 4. The third-order valence-electron chi connectivity index (χ3n) is 3.66. The number of urea groups is 1. The van der Waals surface area contributed by atoms with Crippen LogP contribution in [0.3, 0.4) is 0 Å². The standard InChI is InChI=1S/C14H20N6OS/c1-10-9-22-14(16-10)17-13(21)15-7-6-12-19-18-11-5-3-2-4-8-20(11)12/h9H,2-8H2,1H3,(H2,15,16,17,21). The summed E-state index contributed by atoms with van der Waals surface area (Å²) in [6.07, 6.45) is 5.31. The fourth-order valence-electron chi connectivity index (χ4n) is 2.57. The molecule has 3 rings (SSSR count). The normalized spacial score (nSPS) is 14.2. The van der Waals surface area contributed by atoms with Gasteiger partial charge in [0.05, 0.1) is 5.69 Å². The van der Waals surface area contributed by atoms with Gasteiger partial charge in [-0.3, -0.25) is 5.32 Å². The van der Waals surface area contributed by atoms with Gasteiger partial charge in [0.1, 0.15) is 11.6 Å². The van der Waals surface area contributed by atoms with Crippen LogP contribution in [0, 0.1) is 6.92 Å². The minimum absolute atomic E-state index is 0.232. The minimum atomic E-state index is -0.232. The van der Waals surface area contributed by atoms with Gasteiger partial charge >= 0.3 is 6.03 Å². The number of nitrogens with zero attached hydrogens (tertiary/aromatic N) is 4. The molecule has 118 valence electrons. The van der Waals surface area contributed by atoms with Gasteiger partial charge in [0, 0.05) is 31.3 Å². The Bertz CT molecular complexity index is 650. The van der Waals surface area contributed by atoms with E-state index in [0.717, 1.165) is 30.3 Å².